The van der Waals surface area contributed by atoms with Crippen molar-refractivity contribution in [3.63, 3.8) is 0 Å². The van der Waals surface area contributed by atoms with Crippen LogP contribution in [-0.2, 0) is 13.1 Å². The molecule has 0 aromatic carbocycles. The molecular weight excluding hydrogens is 270 g/mol. The van der Waals surface area contributed by atoms with Crippen molar-refractivity contribution in [1.82, 2.24) is 15.3 Å². The number of hydrogen-bond acceptors (Lipinski definition) is 6. The molecule has 0 bridgehead atoms. The lowest BCUT2D eigenvalue weighted by Crippen LogP contribution is -2.17. The first kappa shape index (κ1) is 14.7. The summed E-state index contributed by atoms with van der Waals surface area (Å²) in [6.45, 7) is 1.32. The summed E-state index contributed by atoms with van der Waals surface area (Å²) < 4.78 is 5.08. The minimum atomic E-state index is -0.00396. The second kappa shape index (κ2) is 7.20. The molecule has 21 heavy (non-hydrogen) atoms. The lowest BCUT2D eigenvalue weighted by Gasteiger charge is -2.07. The Bertz CT molecular complexity index is 630. The number of pyridine rings is 2. The van der Waals surface area contributed by atoms with E-state index in [2.05, 4.69) is 20.4 Å². The van der Waals surface area contributed by atoms with Crippen molar-refractivity contribution >= 4 is 5.84 Å². The third-order valence-electron chi connectivity index (χ3n) is 2.86. The molecule has 4 N–H and O–H groups in total. The monoisotopic (exact) mass is 287 g/mol. The molecular formula is C14H17N5O2. The lowest BCUT2D eigenvalue weighted by molar-refractivity contribution is 0.318. The number of nitrogens with two attached hydrogens (primary N) is 1. The lowest BCUT2D eigenvalue weighted by atomic mass is 10.2. The number of amidine groups is 1. The molecule has 7 nitrogen and oxygen atoms in total. The molecule has 0 radical (unpaired) electrons. The maximum absolute atomic E-state index is 8.64. The molecule has 110 valence electrons. The fourth-order valence-corrected chi connectivity index (χ4v) is 1.80. The van der Waals surface area contributed by atoms with E-state index in [4.69, 9.17) is 15.7 Å². The predicted octanol–water partition coefficient (Wildman–Crippen LogP) is 0.869. The van der Waals surface area contributed by atoms with Gasteiger partial charge in [0.1, 0.15) is 5.69 Å². The fourth-order valence-electron chi connectivity index (χ4n) is 1.80. The molecule has 0 saturated heterocycles. The quantitative estimate of drug-likeness (QED) is 0.315. The third-order valence-corrected chi connectivity index (χ3v) is 2.86. The highest BCUT2D eigenvalue weighted by molar-refractivity contribution is 5.95. The Morgan fingerprint density at radius 3 is 2.57 bits per heavy atom. The van der Waals surface area contributed by atoms with Gasteiger partial charge in [0.2, 0.25) is 5.88 Å². The number of methoxy groups -OCH3 is 1. The standard InChI is InChI=1S/C14H17N5O2/c1-21-13-7-11(3-5-18-13)9-16-8-10-2-4-17-12(6-10)14(15)19-20/h2-7,16,20H,8-9H2,1H3,(H2,15,19). The fraction of sp³-hybridized carbons (Fsp3) is 0.214. The summed E-state index contributed by atoms with van der Waals surface area (Å²) in [7, 11) is 1.59. The zero-order valence-corrected chi connectivity index (χ0v) is 11.7. The van der Waals surface area contributed by atoms with Crippen LogP contribution in [-0.4, -0.2) is 28.1 Å². The highest BCUT2D eigenvalue weighted by atomic mass is 16.5. The molecule has 0 fully saturated rings. The van der Waals surface area contributed by atoms with Crippen molar-refractivity contribution in [2.75, 3.05) is 7.11 Å². The van der Waals surface area contributed by atoms with Gasteiger partial charge in [-0.25, -0.2) is 4.98 Å². The second-order valence-electron chi connectivity index (χ2n) is 4.34. The van der Waals surface area contributed by atoms with E-state index in [-0.39, 0.29) is 5.84 Å². The highest BCUT2D eigenvalue weighted by Gasteiger charge is 2.02. The molecule has 0 amide bonds. The Morgan fingerprint density at radius 2 is 1.90 bits per heavy atom. The van der Waals surface area contributed by atoms with Crippen molar-refractivity contribution < 1.29 is 9.94 Å². The number of nitrogens with zero attached hydrogens (tertiary/aromatic N) is 3. The van der Waals surface area contributed by atoms with E-state index in [1.165, 1.54) is 0 Å². The maximum Gasteiger partial charge on any atom is 0.213 e. The number of oxime groups is 1. The Labute approximate surface area is 122 Å². The summed E-state index contributed by atoms with van der Waals surface area (Å²) in [6, 6.07) is 7.44. The highest BCUT2D eigenvalue weighted by Crippen LogP contribution is 2.08. The van der Waals surface area contributed by atoms with E-state index >= 15 is 0 Å². The third kappa shape index (κ3) is 4.15. The number of ether oxygens (including phenoxy) is 1. The van der Waals surface area contributed by atoms with Gasteiger partial charge >= 0.3 is 0 Å². The second-order valence-corrected chi connectivity index (χ2v) is 4.34. The maximum atomic E-state index is 8.64. The van der Waals surface area contributed by atoms with Gasteiger partial charge in [0.25, 0.3) is 0 Å². The van der Waals surface area contributed by atoms with Gasteiger partial charge in [0.05, 0.1) is 7.11 Å². The van der Waals surface area contributed by atoms with Crippen LogP contribution in [0.2, 0.25) is 0 Å². The first-order valence-corrected chi connectivity index (χ1v) is 6.35. The number of nitrogens with one attached hydrogen (secondary N) is 1. The summed E-state index contributed by atoms with van der Waals surface area (Å²) in [5.41, 5.74) is 8.03. The van der Waals surface area contributed by atoms with Gasteiger partial charge in [-0.2, -0.15) is 0 Å². The number of aromatic nitrogens is 2. The van der Waals surface area contributed by atoms with Gasteiger partial charge in [0.15, 0.2) is 5.84 Å². The molecule has 0 saturated carbocycles. The molecule has 2 heterocycles. The summed E-state index contributed by atoms with van der Waals surface area (Å²) >= 11 is 0. The number of hydrogen-bond donors (Lipinski definition) is 3. The smallest absolute Gasteiger partial charge is 0.213 e. The van der Waals surface area contributed by atoms with Gasteiger partial charge in [-0.15, -0.1) is 0 Å². The molecule has 0 atom stereocenters. The average molecular weight is 287 g/mol. The summed E-state index contributed by atoms with van der Waals surface area (Å²) in [6.07, 6.45) is 3.33. The molecule has 0 unspecified atom stereocenters. The predicted molar refractivity (Wildman–Crippen MR) is 78.1 cm³/mol. The minimum absolute atomic E-state index is 0.00396. The van der Waals surface area contributed by atoms with Gasteiger partial charge in [-0.3, -0.25) is 4.98 Å². The largest absolute Gasteiger partial charge is 0.481 e. The van der Waals surface area contributed by atoms with Crippen molar-refractivity contribution in [1.29, 1.82) is 0 Å². The molecule has 2 rings (SSSR count). The Morgan fingerprint density at radius 1 is 1.24 bits per heavy atom. The van der Waals surface area contributed by atoms with Crippen LogP contribution in [0.15, 0.2) is 41.8 Å². The van der Waals surface area contributed by atoms with Crippen LogP contribution in [0.3, 0.4) is 0 Å². The van der Waals surface area contributed by atoms with Crippen molar-refractivity contribution in [3.8, 4) is 5.88 Å². The Kier molecular flexibility index (Phi) is 5.05. The van der Waals surface area contributed by atoms with Crippen molar-refractivity contribution in [3.05, 3.63) is 53.5 Å². The van der Waals surface area contributed by atoms with Crippen LogP contribution >= 0.6 is 0 Å². The first-order valence-electron chi connectivity index (χ1n) is 6.35. The zero-order valence-electron chi connectivity index (χ0n) is 11.7. The van der Waals surface area contributed by atoms with Crippen molar-refractivity contribution in [2.24, 2.45) is 10.9 Å². The summed E-state index contributed by atoms with van der Waals surface area (Å²) in [5, 5.41) is 14.9. The van der Waals surface area contributed by atoms with E-state index in [0.717, 1.165) is 11.1 Å². The van der Waals surface area contributed by atoms with E-state index in [1.54, 1.807) is 25.6 Å². The number of rotatable bonds is 6. The average Bonchev–Trinajstić information content (AvgIpc) is 2.54. The van der Waals surface area contributed by atoms with Crippen LogP contribution in [0.4, 0.5) is 0 Å². The Balaban J connectivity index is 1.94. The topological polar surface area (TPSA) is 106 Å². The van der Waals surface area contributed by atoms with E-state index in [9.17, 15) is 0 Å². The van der Waals surface area contributed by atoms with E-state index < -0.39 is 0 Å². The molecule has 2 aromatic heterocycles. The van der Waals surface area contributed by atoms with Gasteiger partial charge in [0, 0.05) is 31.5 Å². The van der Waals surface area contributed by atoms with Gasteiger partial charge in [-0.05, 0) is 29.3 Å². The molecule has 0 aliphatic heterocycles. The van der Waals surface area contributed by atoms with E-state index in [0.29, 0.717) is 24.7 Å². The zero-order chi connectivity index (χ0) is 15.1. The minimum Gasteiger partial charge on any atom is -0.481 e. The van der Waals surface area contributed by atoms with Gasteiger partial charge < -0.3 is 21.0 Å². The molecule has 7 heteroatoms. The van der Waals surface area contributed by atoms with Gasteiger partial charge in [-0.1, -0.05) is 5.16 Å². The molecule has 0 aliphatic rings. The normalized spacial score (nSPS) is 11.4. The molecule has 0 spiro atoms. The van der Waals surface area contributed by atoms with Crippen LogP contribution in [0.1, 0.15) is 16.8 Å². The molecule has 2 aromatic rings. The van der Waals surface area contributed by atoms with Crippen LogP contribution in [0.5, 0.6) is 5.88 Å². The summed E-state index contributed by atoms with van der Waals surface area (Å²) in [4.78, 5) is 8.09. The first-order chi connectivity index (χ1) is 10.2. The van der Waals surface area contributed by atoms with Crippen molar-refractivity contribution in [2.45, 2.75) is 13.1 Å². The van der Waals surface area contributed by atoms with Crippen LogP contribution < -0.4 is 15.8 Å². The summed E-state index contributed by atoms with van der Waals surface area (Å²) in [5.74, 6) is 0.586. The van der Waals surface area contributed by atoms with E-state index in [1.807, 2.05) is 18.2 Å². The Hall–Kier alpha value is -2.67. The molecule has 0 aliphatic carbocycles. The SMILES string of the molecule is COc1cc(CNCc2ccnc(C(N)=NO)c2)ccn1. The van der Waals surface area contributed by atoms with Crippen LogP contribution in [0, 0.1) is 0 Å². The van der Waals surface area contributed by atoms with Crippen LogP contribution in [0.25, 0.3) is 0 Å².